The summed E-state index contributed by atoms with van der Waals surface area (Å²) in [6, 6.07) is 0.498. The Morgan fingerprint density at radius 2 is 2.15 bits per heavy atom. The molecule has 13 heavy (non-hydrogen) atoms. The zero-order chi connectivity index (χ0) is 9.90. The molecular formula is C10H22N2O. The molecule has 1 saturated heterocycles. The molecule has 1 heterocycles. The predicted molar refractivity (Wildman–Crippen MR) is 55.0 cm³/mol. The van der Waals surface area contributed by atoms with Gasteiger partial charge in [0.05, 0.1) is 12.2 Å². The number of nitrogens with zero attached hydrogens (tertiary/aromatic N) is 1. The monoisotopic (exact) mass is 186 g/mol. The molecule has 0 radical (unpaired) electrons. The summed E-state index contributed by atoms with van der Waals surface area (Å²) in [5, 5.41) is 3.46. The zero-order valence-electron chi connectivity index (χ0n) is 9.26. The topological polar surface area (TPSA) is 24.5 Å². The van der Waals surface area contributed by atoms with Gasteiger partial charge in [0.2, 0.25) is 0 Å². The van der Waals surface area contributed by atoms with Gasteiger partial charge in [0.15, 0.2) is 0 Å². The highest BCUT2D eigenvalue weighted by Gasteiger charge is 2.19. The maximum atomic E-state index is 5.73. The van der Waals surface area contributed by atoms with E-state index in [4.69, 9.17) is 4.74 Å². The molecule has 0 saturated carbocycles. The molecule has 3 nitrogen and oxygen atoms in total. The fraction of sp³-hybridized carbons (Fsp3) is 1.00. The van der Waals surface area contributed by atoms with Gasteiger partial charge in [0.1, 0.15) is 0 Å². The van der Waals surface area contributed by atoms with Crippen molar-refractivity contribution in [3.8, 4) is 0 Å². The van der Waals surface area contributed by atoms with Crippen molar-refractivity contribution in [2.24, 2.45) is 0 Å². The van der Waals surface area contributed by atoms with Crippen molar-refractivity contribution in [2.45, 2.75) is 32.4 Å². The molecule has 78 valence electrons. The summed E-state index contributed by atoms with van der Waals surface area (Å²) in [5.41, 5.74) is -0.0162. The Hall–Kier alpha value is -0.120. The molecule has 0 aliphatic carbocycles. The first kappa shape index (κ1) is 11.0. The number of piperazine rings is 1. The quantitative estimate of drug-likeness (QED) is 0.687. The third kappa shape index (κ3) is 4.60. The minimum atomic E-state index is -0.0162. The summed E-state index contributed by atoms with van der Waals surface area (Å²) in [5.74, 6) is 0. The Labute approximate surface area is 81.4 Å². The van der Waals surface area contributed by atoms with Gasteiger partial charge in [-0.25, -0.2) is 0 Å². The molecule has 0 amide bonds. The average Bonchev–Trinajstić information content (AvgIpc) is 2.00. The normalized spacial score (nSPS) is 26.3. The SMILES string of the molecule is CN1CCN[C@H](COC(C)(C)C)C1. The van der Waals surface area contributed by atoms with Crippen LogP contribution in [-0.4, -0.2) is 49.8 Å². The molecule has 0 spiro atoms. The van der Waals surface area contributed by atoms with Crippen molar-refractivity contribution in [3.63, 3.8) is 0 Å². The summed E-state index contributed by atoms with van der Waals surface area (Å²) in [7, 11) is 2.16. The van der Waals surface area contributed by atoms with E-state index in [0.717, 1.165) is 26.2 Å². The number of hydrogen-bond acceptors (Lipinski definition) is 3. The van der Waals surface area contributed by atoms with Gasteiger partial charge in [-0.3, -0.25) is 0 Å². The number of ether oxygens (including phenoxy) is 1. The Morgan fingerprint density at radius 1 is 1.46 bits per heavy atom. The molecule has 0 unspecified atom stereocenters. The molecule has 1 fully saturated rings. The van der Waals surface area contributed by atoms with Gasteiger partial charge in [0, 0.05) is 25.7 Å². The van der Waals surface area contributed by atoms with Crippen molar-refractivity contribution in [1.29, 1.82) is 0 Å². The van der Waals surface area contributed by atoms with E-state index in [1.54, 1.807) is 0 Å². The Kier molecular flexibility index (Phi) is 3.71. The van der Waals surface area contributed by atoms with Crippen LogP contribution in [-0.2, 0) is 4.74 Å². The van der Waals surface area contributed by atoms with E-state index >= 15 is 0 Å². The first-order chi connectivity index (χ1) is 5.97. The molecule has 0 aromatic carbocycles. The van der Waals surface area contributed by atoms with E-state index in [1.807, 2.05) is 0 Å². The lowest BCUT2D eigenvalue weighted by Gasteiger charge is -2.32. The molecular weight excluding hydrogens is 164 g/mol. The molecule has 0 aromatic heterocycles. The largest absolute Gasteiger partial charge is 0.374 e. The second kappa shape index (κ2) is 4.40. The van der Waals surface area contributed by atoms with Gasteiger partial charge in [-0.15, -0.1) is 0 Å². The van der Waals surface area contributed by atoms with Crippen LogP contribution < -0.4 is 5.32 Å². The van der Waals surface area contributed by atoms with Crippen molar-refractivity contribution in [2.75, 3.05) is 33.3 Å². The smallest absolute Gasteiger partial charge is 0.0639 e. The van der Waals surface area contributed by atoms with Crippen LogP contribution in [0.1, 0.15) is 20.8 Å². The highest BCUT2D eigenvalue weighted by molar-refractivity contribution is 4.77. The van der Waals surface area contributed by atoms with E-state index in [2.05, 4.69) is 38.0 Å². The van der Waals surface area contributed by atoms with E-state index in [0.29, 0.717) is 6.04 Å². The molecule has 1 atom stereocenters. The maximum absolute atomic E-state index is 5.73. The maximum Gasteiger partial charge on any atom is 0.0639 e. The third-order valence-corrected chi connectivity index (χ3v) is 2.18. The summed E-state index contributed by atoms with van der Waals surface area (Å²) >= 11 is 0. The lowest BCUT2D eigenvalue weighted by Crippen LogP contribution is -2.51. The van der Waals surface area contributed by atoms with E-state index in [9.17, 15) is 0 Å². The lowest BCUT2D eigenvalue weighted by molar-refractivity contribution is -0.0214. The van der Waals surface area contributed by atoms with Crippen LogP contribution in [0.3, 0.4) is 0 Å². The Bertz CT molecular complexity index is 153. The highest BCUT2D eigenvalue weighted by Crippen LogP contribution is 2.08. The summed E-state index contributed by atoms with van der Waals surface area (Å²) < 4.78 is 5.73. The second-order valence-electron chi connectivity index (χ2n) is 4.84. The summed E-state index contributed by atoms with van der Waals surface area (Å²) in [6.07, 6.45) is 0. The van der Waals surface area contributed by atoms with Crippen molar-refractivity contribution >= 4 is 0 Å². The van der Waals surface area contributed by atoms with Gasteiger partial charge in [-0.05, 0) is 27.8 Å². The van der Waals surface area contributed by atoms with Crippen LogP contribution in [0, 0.1) is 0 Å². The van der Waals surface area contributed by atoms with Crippen molar-refractivity contribution in [1.82, 2.24) is 10.2 Å². The molecule has 0 aromatic rings. The second-order valence-corrected chi connectivity index (χ2v) is 4.84. The van der Waals surface area contributed by atoms with Gasteiger partial charge in [-0.1, -0.05) is 0 Å². The number of nitrogens with one attached hydrogen (secondary N) is 1. The average molecular weight is 186 g/mol. The molecule has 1 rings (SSSR count). The summed E-state index contributed by atoms with van der Waals surface area (Å²) in [4.78, 5) is 2.34. The van der Waals surface area contributed by atoms with Gasteiger partial charge in [0.25, 0.3) is 0 Å². The van der Waals surface area contributed by atoms with Crippen LogP contribution in [0.15, 0.2) is 0 Å². The molecule has 3 heteroatoms. The lowest BCUT2D eigenvalue weighted by atomic mass is 10.2. The minimum absolute atomic E-state index is 0.0162. The number of hydrogen-bond donors (Lipinski definition) is 1. The molecule has 1 aliphatic heterocycles. The fourth-order valence-electron chi connectivity index (χ4n) is 1.45. The third-order valence-electron chi connectivity index (χ3n) is 2.18. The minimum Gasteiger partial charge on any atom is -0.374 e. The standard InChI is InChI=1S/C10H22N2O/c1-10(2,3)13-8-9-7-12(4)6-5-11-9/h9,11H,5-8H2,1-4H3/t9-/m0/s1. The first-order valence-corrected chi connectivity index (χ1v) is 5.03. The predicted octanol–water partition coefficient (Wildman–Crippen LogP) is 0.705. The van der Waals surface area contributed by atoms with E-state index in [-0.39, 0.29) is 5.60 Å². The fourth-order valence-corrected chi connectivity index (χ4v) is 1.45. The van der Waals surface area contributed by atoms with E-state index < -0.39 is 0 Å². The van der Waals surface area contributed by atoms with Crippen molar-refractivity contribution < 1.29 is 4.74 Å². The van der Waals surface area contributed by atoms with Crippen LogP contribution >= 0.6 is 0 Å². The Balaban J connectivity index is 2.21. The highest BCUT2D eigenvalue weighted by atomic mass is 16.5. The van der Waals surface area contributed by atoms with Crippen LogP contribution in [0.2, 0.25) is 0 Å². The van der Waals surface area contributed by atoms with Gasteiger partial charge in [-0.2, -0.15) is 0 Å². The molecule has 0 bridgehead atoms. The number of likely N-dealkylation sites (N-methyl/N-ethyl adjacent to an activating group) is 1. The zero-order valence-corrected chi connectivity index (χ0v) is 9.26. The van der Waals surface area contributed by atoms with Crippen LogP contribution in [0.4, 0.5) is 0 Å². The molecule has 1 N–H and O–H groups in total. The molecule has 1 aliphatic rings. The summed E-state index contributed by atoms with van der Waals surface area (Å²) in [6.45, 7) is 10.4. The van der Waals surface area contributed by atoms with Gasteiger partial charge >= 0.3 is 0 Å². The van der Waals surface area contributed by atoms with Gasteiger partial charge < -0.3 is 15.0 Å². The van der Waals surface area contributed by atoms with E-state index in [1.165, 1.54) is 0 Å². The van der Waals surface area contributed by atoms with Crippen molar-refractivity contribution in [3.05, 3.63) is 0 Å². The number of rotatable bonds is 2. The first-order valence-electron chi connectivity index (χ1n) is 5.03. The Morgan fingerprint density at radius 3 is 2.69 bits per heavy atom. The van der Waals surface area contributed by atoms with Crippen LogP contribution in [0.25, 0.3) is 0 Å². The van der Waals surface area contributed by atoms with Crippen LogP contribution in [0.5, 0.6) is 0 Å².